The van der Waals surface area contributed by atoms with Gasteiger partial charge in [0, 0.05) is 6.54 Å². The largest absolute Gasteiger partial charge is 0.357 e. The fourth-order valence-corrected chi connectivity index (χ4v) is 3.69. The van der Waals surface area contributed by atoms with Crippen LogP contribution in [0.1, 0.15) is 58.8 Å². The van der Waals surface area contributed by atoms with Crippen LogP contribution in [-0.4, -0.2) is 18.4 Å². The van der Waals surface area contributed by atoms with Gasteiger partial charge in [-0.15, -0.1) is 0 Å². The number of rotatable bonds is 1. The van der Waals surface area contributed by atoms with Gasteiger partial charge in [0.1, 0.15) is 5.72 Å². The molecular formula is C14H25NO. The van der Waals surface area contributed by atoms with Gasteiger partial charge in [-0.2, -0.15) is 0 Å². The molecule has 2 unspecified atom stereocenters. The van der Waals surface area contributed by atoms with Crippen molar-refractivity contribution < 1.29 is 4.74 Å². The zero-order chi connectivity index (χ0) is 11.2. The third-order valence-corrected chi connectivity index (χ3v) is 4.60. The van der Waals surface area contributed by atoms with Crippen molar-refractivity contribution >= 4 is 0 Å². The van der Waals surface area contributed by atoms with Crippen molar-refractivity contribution in [2.24, 2.45) is 11.3 Å². The van der Waals surface area contributed by atoms with E-state index in [2.05, 4.69) is 19.2 Å². The summed E-state index contributed by atoms with van der Waals surface area (Å²) in [6.45, 7) is 5.94. The maximum Gasteiger partial charge on any atom is 0.120 e. The van der Waals surface area contributed by atoms with Crippen LogP contribution in [0, 0.1) is 11.3 Å². The Labute approximate surface area is 99.1 Å². The predicted octanol–water partition coefficient (Wildman–Crippen LogP) is 3.07. The van der Waals surface area contributed by atoms with Gasteiger partial charge >= 0.3 is 0 Å². The third kappa shape index (κ3) is 2.14. The van der Waals surface area contributed by atoms with Gasteiger partial charge in [-0.3, -0.25) is 5.32 Å². The van der Waals surface area contributed by atoms with Crippen LogP contribution in [0.5, 0.6) is 0 Å². The predicted molar refractivity (Wildman–Crippen MR) is 65.2 cm³/mol. The molecule has 0 bridgehead atoms. The summed E-state index contributed by atoms with van der Waals surface area (Å²) >= 11 is 0. The summed E-state index contributed by atoms with van der Waals surface area (Å²) in [5.41, 5.74) is 0.490. The van der Waals surface area contributed by atoms with E-state index in [0.717, 1.165) is 12.5 Å². The average molecular weight is 223 g/mol. The normalized spacial score (nSPS) is 43.5. The van der Waals surface area contributed by atoms with Crippen LogP contribution in [0.3, 0.4) is 0 Å². The first kappa shape index (κ1) is 11.0. The van der Waals surface area contributed by atoms with Gasteiger partial charge in [0.2, 0.25) is 0 Å². The summed E-state index contributed by atoms with van der Waals surface area (Å²) < 4.78 is 6.46. The van der Waals surface area contributed by atoms with Crippen LogP contribution in [0.25, 0.3) is 0 Å². The summed E-state index contributed by atoms with van der Waals surface area (Å²) in [4.78, 5) is 0. The lowest BCUT2D eigenvalue weighted by Gasteiger charge is -2.49. The minimum Gasteiger partial charge on any atom is -0.357 e. The molecule has 0 amide bonds. The molecule has 0 radical (unpaired) electrons. The summed E-state index contributed by atoms with van der Waals surface area (Å²) in [5, 5.41) is 3.68. The second-order valence-electron chi connectivity index (χ2n) is 6.90. The fraction of sp³-hybridized carbons (Fsp3) is 1.00. The molecule has 2 nitrogen and oxygen atoms in total. The Morgan fingerprint density at radius 2 is 1.94 bits per heavy atom. The van der Waals surface area contributed by atoms with E-state index in [0.29, 0.717) is 11.5 Å². The lowest BCUT2D eigenvalue weighted by atomic mass is 9.72. The Morgan fingerprint density at radius 1 is 1.12 bits per heavy atom. The molecule has 92 valence electrons. The second kappa shape index (κ2) is 3.71. The zero-order valence-corrected chi connectivity index (χ0v) is 10.7. The van der Waals surface area contributed by atoms with Gasteiger partial charge in [0.05, 0.1) is 6.10 Å². The molecule has 1 aliphatic heterocycles. The highest BCUT2D eigenvalue weighted by Gasteiger charge is 2.46. The van der Waals surface area contributed by atoms with Crippen LogP contribution in [0.15, 0.2) is 0 Å². The third-order valence-electron chi connectivity index (χ3n) is 4.60. The maximum atomic E-state index is 6.46. The van der Waals surface area contributed by atoms with E-state index in [4.69, 9.17) is 4.74 Å². The van der Waals surface area contributed by atoms with Crippen molar-refractivity contribution in [3.05, 3.63) is 0 Å². The Balaban J connectivity index is 1.71. The smallest absolute Gasteiger partial charge is 0.120 e. The SMILES string of the molecule is CC1(C)CCCC2(C1)NCCC(C1CC1)O2. The highest BCUT2D eigenvalue weighted by Crippen LogP contribution is 2.46. The second-order valence-corrected chi connectivity index (χ2v) is 6.90. The molecule has 0 aromatic heterocycles. The Bertz CT molecular complexity index is 268. The highest BCUT2D eigenvalue weighted by molar-refractivity contribution is 4.96. The maximum absolute atomic E-state index is 6.46. The van der Waals surface area contributed by atoms with Gasteiger partial charge in [0.15, 0.2) is 0 Å². The zero-order valence-electron chi connectivity index (χ0n) is 10.7. The first-order valence-electron chi connectivity index (χ1n) is 7.02. The molecule has 1 heterocycles. The number of hydrogen-bond donors (Lipinski definition) is 1. The molecule has 3 aliphatic rings. The van der Waals surface area contributed by atoms with Gasteiger partial charge in [-0.25, -0.2) is 0 Å². The molecule has 2 aliphatic carbocycles. The van der Waals surface area contributed by atoms with Gasteiger partial charge in [0.25, 0.3) is 0 Å². The average Bonchev–Trinajstić information content (AvgIpc) is 2.98. The fourth-order valence-electron chi connectivity index (χ4n) is 3.69. The molecule has 1 N–H and O–H groups in total. The molecule has 0 aromatic carbocycles. The van der Waals surface area contributed by atoms with E-state index in [1.807, 2.05) is 0 Å². The molecule has 3 rings (SSSR count). The van der Waals surface area contributed by atoms with E-state index in [-0.39, 0.29) is 5.72 Å². The van der Waals surface area contributed by atoms with Gasteiger partial charge in [-0.05, 0) is 56.3 Å². The van der Waals surface area contributed by atoms with Crippen LogP contribution >= 0.6 is 0 Å². The highest BCUT2D eigenvalue weighted by atomic mass is 16.5. The quantitative estimate of drug-likeness (QED) is 0.737. The summed E-state index contributed by atoms with van der Waals surface area (Å²) in [6, 6.07) is 0. The lowest BCUT2D eigenvalue weighted by molar-refractivity contribution is -0.182. The van der Waals surface area contributed by atoms with Crippen LogP contribution in [0.4, 0.5) is 0 Å². The Hall–Kier alpha value is -0.0800. The van der Waals surface area contributed by atoms with Crippen LogP contribution < -0.4 is 5.32 Å². The monoisotopic (exact) mass is 223 g/mol. The van der Waals surface area contributed by atoms with Crippen molar-refractivity contribution in [2.75, 3.05) is 6.54 Å². The van der Waals surface area contributed by atoms with Crippen molar-refractivity contribution in [3.63, 3.8) is 0 Å². The molecular weight excluding hydrogens is 198 g/mol. The summed E-state index contributed by atoms with van der Waals surface area (Å²) in [6.07, 6.45) is 9.70. The Kier molecular flexibility index (Phi) is 2.56. The van der Waals surface area contributed by atoms with E-state index in [1.54, 1.807) is 0 Å². The molecule has 2 atom stereocenters. The van der Waals surface area contributed by atoms with Gasteiger partial charge < -0.3 is 4.74 Å². The van der Waals surface area contributed by atoms with Gasteiger partial charge in [-0.1, -0.05) is 13.8 Å². The van der Waals surface area contributed by atoms with E-state index in [9.17, 15) is 0 Å². The standard InChI is InChI=1S/C14H25NO/c1-13(2)7-3-8-14(10-13)15-9-6-12(16-14)11-4-5-11/h11-12,15H,3-10H2,1-2H3. The summed E-state index contributed by atoms with van der Waals surface area (Å²) in [5.74, 6) is 0.893. The molecule has 16 heavy (non-hydrogen) atoms. The first-order chi connectivity index (χ1) is 7.59. The number of hydrogen-bond acceptors (Lipinski definition) is 2. The summed E-state index contributed by atoms with van der Waals surface area (Å²) in [7, 11) is 0. The number of ether oxygens (including phenoxy) is 1. The molecule has 2 saturated carbocycles. The van der Waals surface area contributed by atoms with Crippen LogP contribution in [-0.2, 0) is 4.74 Å². The lowest BCUT2D eigenvalue weighted by Crippen LogP contribution is -2.58. The van der Waals surface area contributed by atoms with Crippen molar-refractivity contribution in [2.45, 2.75) is 70.6 Å². The minimum atomic E-state index is 0.0350. The molecule has 1 saturated heterocycles. The molecule has 2 heteroatoms. The Morgan fingerprint density at radius 3 is 2.62 bits per heavy atom. The van der Waals surface area contributed by atoms with E-state index in [1.165, 1.54) is 44.9 Å². The van der Waals surface area contributed by atoms with Crippen molar-refractivity contribution in [3.8, 4) is 0 Å². The van der Waals surface area contributed by atoms with Crippen LogP contribution in [0.2, 0.25) is 0 Å². The van der Waals surface area contributed by atoms with Crippen molar-refractivity contribution in [1.29, 1.82) is 0 Å². The van der Waals surface area contributed by atoms with E-state index < -0.39 is 0 Å². The molecule has 3 fully saturated rings. The minimum absolute atomic E-state index is 0.0350. The van der Waals surface area contributed by atoms with Crippen molar-refractivity contribution in [1.82, 2.24) is 5.32 Å². The topological polar surface area (TPSA) is 21.3 Å². The van der Waals surface area contributed by atoms with E-state index >= 15 is 0 Å². The molecule has 1 spiro atoms. The first-order valence-corrected chi connectivity index (χ1v) is 7.02. The number of nitrogens with one attached hydrogen (secondary N) is 1. The molecule has 0 aromatic rings.